The van der Waals surface area contributed by atoms with Gasteiger partial charge in [-0.1, -0.05) is 42.0 Å². The number of esters is 1. The van der Waals surface area contributed by atoms with Crippen LogP contribution in [0.5, 0.6) is 0 Å². The lowest BCUT2D eigenvalue weighted by atomic mass is 9.95. The van der Waals surface area contributed by atoms with E-state index in [2.05, 4.69) is 11.4 Å². The normalized spacial score (nSPS) is 18.5. The summed E-state index contributed by atoms with van der Waals surface area (Å²) in [4.78, 5) is 24.0. The molecule has 0 saturated heterocycles. The molecule has 5 heteroatoms. The van der Waals surface area contributed by atoms with E-state index < -0.39 is 6.10 Å². The molecule has 2 unspecified atom stereocenters. The van der Waals surface area contributed by atoms with Gasteiger partial charge in [0.25, 0.3) is 5.91 Å². The highest BCUT2D eigenvalue weighted by Crippen LogP contribution is 2.20. The molecule has 0 aliphatic heterocycles. The van der Waals surface area contributed by atoms with Crippen LogP contribution >= 0.6 is 11.6 Å². The van der Waals surface area contributed by atoms with Crippen LogP contribution in [-0.4, -0.2) is 18.0 Å². The minimum atomic E-state index is -0.805. The zero-order valence-corrected chi connectivity index (χ0v) is 13.3. The molecule has 4 nitrogen and oxygen atoms in total. The molecule has 0 saturated carbocycles. The van der Waals surface area contributed by atoms with Crippen LogP contribution in [0.2, 0.25) is 5.02 Å². The Kier molecular flexibility index (Phi) is 6.01. The molecule has 1 aliphatic rings. The molecule has 118 valence electrons. The van der Waals surface area contributed by atoms with Crippen LogP contribution in [-0.2, 0) is 20.9 Å². The highest BCUT2D eigenvalue weighted by molar-refractivity contribution is 6.31. The standard InChI is InChI=1S/C17H20ClNO3/c1-12(22-17(21)13-7-3-2-4-8-13)16(20)19-11-14-9-5-6-10-15(14)18/h2-3,5-6,9-10,12-13H,4,7-8,11H2,1H3,(H,19,20). The summed E-state index contributed by atoms with van der Waals surface area (Å²) in [6.07, 6.45) is 5.59. The van der Waals surface area contributed by atoms with Crippen molar-refractivity contribution in [3.05, 3.63) is 47.0 Å². The number of rotatable bonds is 5. The van der Waals surface area contributed by atoms with E-state index in [0.29, 0.717) is 18.0 Å². The second-order valence-electron chi connectivity index (χ2n) is 5.37. The van der Waals surface area contributed by atoms with Gasteiger partial charge in [-0.15, -0.1) is 0 Å². The van der Waals surface area contributed by atoms with Gasteiger partial charge in [0.15, 0.2) is 6.10 Å². The zero-order chi connectivity index (χ0) is 15.9. The number of benzene rings is 1. The van der Waals surface area contributed by atoms with Crippen LogP contribution in [0, 0.1) is 5.92 Å². The number of carbonyl (C=O) groups is 2. The van der Waals surface area contributed by atoms with Gasteiger partial charge >= 0.3 is 5.97 Å². The van der Waals surface area contributed by atoms with Gasteiger partial charge in [-0.25, -0.2) is 0 Å². The Hall–Kier alpha value is -1.81. The predicted molar refractivity (Wildman–Crippen MR) is 85.3 cm³/mol. The fraction of sp³-hybridized carbons (Fsp3) is 0.412. The Morgan fingerprint density at radius 1 is 1.36 bits per heavy atom. The summed E-state index contributed by atoms with van der Waals surface area (Å²) < 4.78 is 5.25. The molecule has 1 N–H and O–H groups in total. The number of allylic oxidation sites excluding steroid dienone is 2. The molecule has 1 aliphatic carbocycles. The van der Waals surface area contributed by atoms with E-state index in [0.717, 1.165) is 18.4 Å². The van der Waals surface area contributed by atoms with Crippen molar-refractivity contribution in [2.75, 3.05) is 0 Å². The molecule has 22 heavy (non-hydrogen) atoms. The van der Waals surface area contributed by atoms with Crippen LogP contribution in [0.15, 0.2) is 36.4 Å². The third kappa shape index (κ3) is 4.60. The van der Waals surface area contributed by atoms with Gasteiger partial charge in [-0.3, -0.25) is 9.59 Å². The number of hydrogen-bond donors (Lipinski definition) is 1. The number of amides is 1. The van der Waals surface area contributed by atoms with Crippen LogP contribution in [0.1, 0.15) is 31.7 Å². The predicted octanol–water partition coefficient (Wildman–Crippen LogP) is 3.24. The van der Waals surface area contributed by atoms with Crippen LogP contribution in [0.4, 0.5) is 0 Å². The molecule has 0 bridgehead atoms. The van der Waals surface area contributed by atoms with E-state index in [4.69, 9.17) is 16.3 Å². The number of ether oxygens (including phenoxy) is 1. The van der Waals surface area contributed by atoms with Gasteiger partial charge in [-0.05, 0) is 37.8 Å². The summed E-state index contributed by atoms with van der Waals surface area (Å²) >= 11 is 6.03. The maximum atomic E-state index is 12.0. The number of hydrogen-bond acceptors (Lipinski definition) is 3. The number of halogens is 1. The van der Waals surface area contributed by atoms with Crippen LogP contribution < -0.4 is 5.32 Å². The molecular weight excluding hydrogens is 302 g/mol. The summed E-state index contributed by atoms with van der Waals surface area (Å²) in [5.74, 6) is -0.756. The van der Waals surface area contributed by atoms with Gasteiger partial charge < -0.3 is 10.1 Å². The maximum Gasteiger partial charge on any atom is 0.310 e. The minimum absolute atomic E-state index is 0.135. The molecule has 0 aromatic heterocycles. The van der Waals surface area contributed by atoms with Crippen molar-refractivity contribution in [2.24, 2.45) is 5.92 Å². The largest absolute Gasteiger partial charge is 0.452 e. The summed E-state index contributed by atoms with van der Waals surface area (Å²) in [5.41, 5.74) is 0.827. The van der Waals surface area contributed by atoms with Gasteiger partial charge in [0, 0.05) is 11.6 Å². The average Bonchev–Trinajstić information content (AvgIpc) is 2.54. The summed E-state index contributed by atoms with van der Waals surface area (Å²) in [7, 11) is 0. The molecule has 0 radical (unpaired) electrons. The monoisotopic (exact) mass is 321 g/mol. The first kappa shape index (κ1) is 16.6. The lowest BCUT2D eigenvalue weighted by molar-refractivity contribution is -0.159. The third-order valence-corrected chi connectivity index (χ3v) is 4.04. The Morgan fingerprint density at radius 3 is 2.82 bits per heavy atom. The van der Waals surface area contributed by atoms with Gasteiger partial charge in [-0.2, -0.15) is 0 Å². The highest BCUT2D eigenvalue weighted by Gasteiger charge is 2.24. The molecule has 0 fully saturated rings. The Balaban J connectivity index is 1.80. The average molecular weight is 322 g/mol. The molecule has 0 heterocycles. The first-order valence-corrected chi connectivity index (χ1v) is 7.82. The Labute approximate surface area is 135 Å². The third-order valence-electron chi connectivity index (χ3n) is 3.68. The number of carbonyl (C=O) groups excluding carboxylic acids is 2. The molecule has 1 aromatic rings. The van der Waals surface area contributed by atoms with Gasteiger partial charge in [0.1, 0.15) is 0 Å². The molecule has 1 aromatic carbocycles. The lowest BCUT2D eigenvalue weighted by Crippen LogP contribution is -2.37. The van der Waals surface area contributed by atoms with Crippen molar-refractivity contribution in [1.82, 2.24) is 5.32 Å². The fourth-order valence-corrected chi connectivity index (χ4v) is 2.50. The zero-order valence-electron chi connectivity index (χ0n) is 12.5. The summed E-state index contributed by atoms with van der Waals surface area (Å²) in [6, 6.07) is 7.29. The minimum Gasteiger partial charge on any atom is -0.452 e. The summed E-state index contributed by atoms with van der Waals surface area (Å²) in [5, 5.41) is 3.33. The SMILES string of the molecule is CC(OC(=O)C1CC=CCC1)C(=O)NCc1ccccc1Cl. The van der Waals surface area contributed by atoms with E-state index in [9.17, 15) is 9.59 Å². The van der Waals surface area contributed by atoms with Crippen molar-refractivity contribution in [3.8, 4) is 0 Å². The topological polar surface area (TPSA) is 55.4 Å². The quantitative estimate of drug-likeness (QED) is 0.669. The van der Waals surface area contributed by atoms with Crippen molar-refractivity contribution >= 4 is 23.5 Å². The van der Waals surface area contributed by atoms with E-state index >= 15 is 0 Å². The molecule has 1 amide bonds. The second kappa shape index (κ2) is 7.99. The lowest BCUT2D eigenvalue weighted by Gasteiger charge is -2.19. The Bertz CT molecular complexity index is 571. The molecule has 0 spiro atoms. The first-order chi connectivity index (χ1) is 10.6. The summed E-state index contributed by atoms with van der Waals surface area (Å²) in [6.45, 7) is 1.89. The van der Waals surface area contributed by atoms with Crippen molar-refractivity contribution in [2.45, 2.75) is 38.8 Å². The van der Waals surface area contributed by atoms with E-state index in [1.165, 1.54) is 0 Å². The number of nitrogens with one attached hydrogen (secondary N) is 1. The van der Waals surface area contributed by atoms with E-state index in [-0.39, 0.29) is 17.8 Å². The van der Waals surface area contributed by atoms with E-state index in [1.54, 1.807) is 13.0 Å². The van der Waals surface area contributed by atoms with Crippen molar-refractivity contribution in [3.63, 3.8) is 0 Å². The van der Waals surface area contributed by atoms with Crippen molar-refractivity contribution < 1.29 is 14.3 Å². The highest BCUT2D eigenvalue weighted by atomic mass is 35.5. The van der Waals surface area contributed by atoms with Gasteiger partial charge in [0.2, 0.25) is 0 Å². The molecule has 2 atom stereocenters. The van der Waals surface area contributed by atoms with Crippen LogP contribution in [0.3, 0.4) is 0 Å². The smallest absolute Gasteiger partial charge is 0.310 e. The fourth-order valence-electron chi connectivity index (χ4n) is 2.30. The maximum absolute atomic E-state index is 12.0. The van der Waals surface area contributed by atoms with Gasteiger partial charge in [0.05, 0.1) is 5.92 Å². The first-order valence-electron chi connectivity index (χ1n) is 7.44. The Morgan fingerprint density at radius 2 is 2.14 bits per heavy atom. The molecular formula is C17H20ClNO3. The molecule has 2 rings (SSSR count). The van der Waals surface area contributed by atoms with Crippen molar-refractivity contribution in [1.29, 1.82) is 0 Å². The van der Waals surface area contributed by atoms with Crippen LogP contribution in [0.25, 0.3) is 0 Å². The van der Waals surface area contributed by atoms with E-state index in [1.807, 2.05) is 24.3 Å². The second-order valence-corrected chi connectivity index (χ2v) is 5.78.